The fraction of sp³-hybridized carbons (Fsp3) is 0.611. The average molecular weight is 526 g/mol. The van der Waals surface area contributed by atoms with Crippen molar-refractivity contribution >= 4 is 40.0 Å². The second kappa shape index (κ2) is 13.2. The Morgan fingerprint density at radius 2 is 2.00 bits per heavy atom. The zero-order valence-electron chi connectivity index (χ0n) is 16.4. The molecule has 1 fully saturated rings. The maximum atomic E-state index is 12.1. The van der Waals surface area contributed by atoms with Crippen LogP contribution in [0.2, 0.25) is 0 Å². The van der Waals surface area contributed by atoms with Crippen molar-refractivity contribution in [2.24, 2.45) is 4.99 Å². The van der Waals surface area contributed by atoms with Crippen LogP contribution in [0.5, 0.6) is 5.75 Å². The van der Waals surface area contributed by atoms with Crippen molar-refractivity contribution in [1.29, 1.82) is 0 Å². The number of rotatable bonds is 9. The lowest BCUT2D eigenvalue weighted by atomic mass is 10.1. The number of ether oxygens (including phenoxy) is 2. The summed E-state index contributed by atoms with van der Waals surface area (Å²) in [5.41, 5.74) is 1.07. The van der Waals surface area contributed by atoms with Crippen LogP contribution >= 0.6 is 24.0 Å². The van der Waals surface area contributed by atoms with Crippen LogP contribution in [0.4, 0.5) is 0 Å². The summed E-state index contributed by atoms with van der Waals surface area (Å²) < 4.78 is 37.5. The molecule has 1 aliphatic heterocycles. The van der Waals surface area contributed by atoms with Gasteiger partial charge in [-0.15, -0.1) is 24.0 Å². The molecule has 0 amide bonds. The number of benzene rings is 1. The van der Waals surface area contributed by atoms with Gasteiger partial charge in [0.15, 0.2) is 5.96 Å². The molecule has 10 heteroatoms. The van der Waals surface area contributed by atoms with Crippen LogP contribution in [-0.4, -0.2) is 60.1 Å². The van der Waals surface area contributed by atoms with Crippen LogP contribution in [0, 0.1) is 0 Å². The van der Waals surface area contributed by atoms with Crippen molar-refractivity contribution in [2.45, 2.75) is 31.9 Å². The van der Waals surface area contributed by atoms with E-state index in [9.17, 15) is 8.42 Å². The summed E-state index contributed by atoms with van der Waals surface area (Å²) in [6.07, 6.45) is 3.03. The van der Waals surface area contributed by atoms with Crippen molar-refractivity contribution in [3.8, 4) is 5.75 Å². The first-order chi connectivity index (χ1) is 13.0. The third-order valence-corrected chi connectivity index (χ3v) is 5.66. The highest BCUT2D eigenvalue weighted by atomic mass is 127. The number of hydrogen-bond donors (Lipinski definition) is 3. The van der Waals surface area contributed by atoms with E-state index in [-0.39, 0.29) is 42.4 Å². The molecule has 2 rings (SSSR count). The number of methoxy groups -OCH3 is 1. The summed E-state index contributed by atoms with van der Waals surface area (Å²) in [5.74, 6) is 1.33. The Morgan fingerprint density at radius 3 is 2.61 bits per heavy atom. The normalized spacial score (nSPS) is 17.5. The third kappa shape index (κ3) is 9.39. The van der Waals surface area contributed by atoms with E-state index in [1.54, 1.807) is 14.2 Å². The van der Waals surface area contributed by atoms with Crippen molar-refractivity contribution in [1.82, 2.24) is 15.4 Å². The van der Waals surface area contributed by atoms with E-state index >= 15 is 0 Å². The molecule has 8 nitrogen and oxygen atoms in total. The van der Waals surface area contributed by atoms with Gasteiger partial charge >= 0.3 is 0 Å². The van der Waals surface area contributed by atoms with Gasteiger partial charge in [-0.1, -0.05) is 12.1 Å². The minimum atomic E-state index is -3.35. The predicted octanol–water partition coefficient (Wildman–Crippen LogP) is 1.47. The number of hydrogen-bond acceptors (Lipinski definition) is 5. The minimum Gasteiger partial charge on any atom is -0.497 e. The van der Waals surface area contributed by atoms with Crippen LogP contribution in [0.1, 0.15) is 24.8 Å². The molecule has 1 unspecified atom stereocenters. The van der Waals surface area contributed by atoms with E-state index in [0.717, 1.165) is 30.6 Å². The van der Waals surface area contributed by atoms with Gasteiger partial charge in [-0.3, -0.25) is 4.99 Å². The second-order valence-corrected chi connectivity index (χ2v) is 8.28. The second-order valence-electron chi connectivity index (χ2n) is 6.36. The lowest BCUT2D eigenvalue weighted by Gasteiger charge is -2.22. The van der Waals surface area contributed by atoms with Crippen LogP contribution < -0.4 is 20.1 Å². The number of sulfonamides is 1. The molecule has 1 saturated heterocycles. The fourth-order valence-corrected chi connectivity index (χ4v) is 3.67. The summed E-state index contributed by atoms with van der Waals surface area (Å²) in [5, 5.41) is 6.18. The highest BCUT2D eigenvalue weighted by Crippen LogP contribution is 2.12. The maximum Gasteiger partial charge on any atom is 0.213 e. The molecular formula is C18H31IN4O4S. The maximum absolute atomic E-state index is 12.1. The summed E-state index contributed by atoms with van der Waals surface area (Å²) in [7, 11) is -0.0704. The minimum absolute atomic E-state index is 0. The van der Waals surface area contributed by atoms with Gasteiger partial charge in [0.1, 0.15) is 5.75 Å². The Bertz CT molecular complexity index is 692. The number of guanidine groups is 1. The molecule has 160 valence electrons. The molecule has 0 spiro atoms. The Labute approximate surface area is 184 Å². The van der Waals surface area contributed by atoms with Gasteiger partial charge in [-0.25, -0.2) is 13.1 Å². The third-order valence-electron chi connectivity index (χ3n) is 4.31. The van der Waals surface area contributed by atoms with Crippen LogP contribution in [-0.2, 0) is 21.3 Å². The first kappa shape index (κ1) is 24.9. The summed E-state index contributed by atoms with van der Waals surface area (Å²) in [6.45, 7) is 1.90. The molecular weight excluding hydrogens is 495 g/mol. The Kier molecular flexibility index (Phi) is 11.7. The molecule has 0 aromatic heterocycles. The molecule has 28 heavy (non-hydrogen) atoms. The highest BCUT2D eigenvalue weighted by molar-refractivity contribution is 14.0. The van der Waals surface area contributed by atoms with E-state index in [4.69, 9.17) is 9.47 Å². The van der Waals surface area contributed by atoms with Gasteiger partial charge in [-0.05, 0) is 37.0 Å². The van der Waals surface area contributed by atoms with Crippen molar-refractivity contribution in [3.63, 3.8) is 0 Å². The predicted molar refractivity (Wildman–Crippen MR) is 122 cm³/mol. The van der Waals surface area contributed by atoms with E-state index < -0.39 is 10.0 Å². The number of aliphatic imine (C=N–C) groups is 1. The Morgan fingerprint density at radius 1 is 1.25 bits per heavy atom. The molecule has 1 atom stereocenters. The number of nitrogens with one attached hydrogen (secondary N) is 3. The van der Waals surface area contributed by atoms with Gasteiger partial charge in [-0.2, -0.15) is 0 Å². The zero-order valence-corrected chi connectivity index (χ0v) is 19.6. The lowest BCUT2D eigenvalue weighted by molar-refractivity contribution is 0.0200. The van der Waals surface area contributed by atoms with Crippen molar-refractivity contribution in [2.75, 3.05) is 39.6 Å². The number of halogens is 1. The van der Waals surface area contributed by atoms with E-state index in [0.29, 0.717) is 25.7 Å². The topological polar surface area (TPSA) is 101 Å². The summed E-state index contributed by atoms with van der Waals surface area (Å²) >= 11 is 0. The molecule has 0 radical (unpaired) electrons. The number of nitrogens with zero attached hydrogens (tertiary/aromatic N) is 1. The molecule has 0 aliphatic carbocycles. The van der Waals surface area contributed by atoms with Crippen molar-refractivity contribution in [3.05, 3.63) is 29.8 Å². The molecule has 0 bridgehead atoms. The first-order valence-corrected chi connectivity index (χ1v) is 10.8. The monoisotopic (exact) mass is 526 g/mol. The van der Waals surface area contributed by atoms with Crippen molar-refractivity contribution < 1.29 is 17.9 Å². The van der Waals surface area contributed by atoms with E-state index in [1.807, 2.05) is 24.3 Å². The van der Waals surface area contributed by atoms with E-state index in [1.165, 1.54) is 0 Å². The lowest BCUT2D eigenvalue weighted by Crippen LogP contribution is -2.42. The van der Waals surface area contributed by atoms with Gasteiger partial charge in [0.2, 0.25) is 10.0 Å². The zero-order chi connectivity index (χ0) is 19.5. The largest absolute Gasteiger partial charge is 0.497 e. The van der Waals surface area contributed by atoms with Gasteiger partial charge < -0.3 is 20.1 Å². The Hall–Kier alpha value is -1.11. The van der Waals surface area contributed by atoms with Gasteiger partial charge in [0.05, 0.1) is 19.0 Å². The molecule has 1 heterocycles. The smallest absolute Gasteiger partial charge is 0.213 e. The SMILES string of the molecule is CN=C(NCCS(=O)(=O)NCC1CCCCO1)NCc1ccc(OC)cc1.I. The molecule has 1 aromatic carbocycles. The standard InChI is InChI=1S/C18H30N4O4S.HI/c1-19-18(21-13-15-6-8-16(25-2)9-7-15)20-10-12-27(23,24)22-14-17-5-3-4-11-26-17;/h6-9,17,22H,3-5,10-14H2,1-2H3,(H2,19,20,21);1H. The van der Waals surface area contributed by atoms with Gasteiger partial charge in [0.25, 0.3) is 0 Å². The van der Waals surface area contributed by atoms with E-state index in [2.05, 4.69) is 20.3 Å². The quantitative estimate of drug-likeness (QED) is 0.256. The highest BCUT2D eigenvalue weighted by Gasteiger charge is 2.17. The molecule has 1 aromatic rings. The summed E-state index contributed by atoms with van der Waals surface area (Å²) in [6, 6.07) is 7.70. The molecule has 0 saturated carbocycles. The fourth-order valence-electron chi connectivity index (χ4n) is 2.71. The van der Waals surface area contributed by atoms with Crippen LogP contribution in [0.3, 0.4) is 0 Å². The molecule has 1 aliphatic rings. The Balaban J connectivity index is 0.00000392. The first-order valence-electron chi connectivity index (χ1n) is 9.19. The van der Waals surface area contributed by atoms with Crippen LogP contribution in [0.15, 0.2) is 29.3 Å². The summed E-state index contributed by atoms with van der Waals surface area (Å²) in [4.78, 5) is 4.11. The average Bonchev–Trinajstić information content (AvgIpc) is 2.70. The van der Waals surface area contributed by atoms with Gasteiger partial charge in [0, 0.05) is 33.3 Å². The van der Waals surface area contributed by atoms with Crippen LogP contribution in [0.25, 0.3) is 0 Å². The molecule has 3 N–H and O–H groups in total.